The highest BCUT2D eigenvalue weighted by atomic mass is 16.5. The molecule has 0 heterocycles. The molecule has 1 fully saturated rings. The highest BCUT2D eigenvalue weighted by Gasteiger charge is 2.40. The van der Waals surface area contributed by atoms with Crippen LogP contribution in [0.4, 0.5) is 0 Å². The van der Waals surface area contributed by atoms with Gasteiger partial charge in [0.2, 0.25) is 0 Å². The molecular formula is C10H20O2. The monoisotopic (exact) mass is 172 g/mol. The summed E-state index contributed by atoms with van der Waals surface area (Å²) in [7, 11) is 0. The van der Waals surface area contributed by atoms with Crippen molar-refractivity contribution in [3.8, 4) is 0 Å². The molecule has 0 saturated heterocycles. The summed E-state index contributed by atoms with van der Waals surface area (Å²) >= 11 is 0. The Balaban J connectivity index is 2.64. The lowest BCUT2D eigenvalue weighted by Crippen LogP contribution is -2.45. The number of hydrogen-bond acceptors (Lipinski definition) is 2. The molecule has 0 aromatic rings. The van der Waals surface area contributed by atoms with Crippen LogP contribution in [0, 0.1) is 17.8 Å². The number of aliphatic hydroxyl groups is 2. The van der Waals surface area contributed by atoms with E-state index in [9.17, 15) is 10.2 Å². The first-order chi connectivity index (χ1) is 5.43. The molecule has 1 rings (SSSR count). The fourth-order valence-corrected chi connectivity index (χ4v) is 2.33. The van der Waals surface area contributed by atoms with E-state index in [0.29, 0.717) is 18.3 Å². The number of hydrogen-bond donors (Lipinski definition) is 2. The van der Waals surface area contributed by atoms with Gasteiger partial charge >= 0.3 is 0 Å². The molecule has 0 spiro atoms. The zero-order chi connectivity index (χ0) is 9.35. The second-order valence-corrected chi connectivity index (χ2v) is 4.62. The van der Waals surface area contributed by atoms with Crippen molar-refractivity contribution in [2.24, 2.45) is 17.8 Å². The van der Waals surface area contributed by atoms with Gasteiger partial charge < -0.3 is 10.2 Å². The summed E-state index contributed by atoms with van der Waals surface area (Å²) in [5, 5.41) is 19.5. The molecule has 2 unspecified atom stereocenters. The van der Waals surface area contributed by atoms with E-state index in [1.54, 1.807) is 0 Å². The average molecular weight is 172 g/mol. The van der Waals surface area contributed by atoms with Crippen molar-refractivity contribution in [2.45, 2.75) is 45.8 Å². The van der Waals surface area contributed by atoms with Crippen LogP contribution in [0.25, 0.3) is 0 Å². The standard InChI is InChI=1S/C10H20O2/c1-7(2)9-5-4-8(3)6-10(9,11)12/h7-9,11-12H,4-6H2,1-3H3. The highest BCUT2D eigenvalue weighted by Crippen LogP contribution is 2.39. The maximum absolute atomic E-state index is 9.73. The molecule has 72 valence electrons. The molecule has 12 heavy (non-hydrogen) atoms. The van der Waals surface area contributed by atoms with E-state index >= 15 is 0 Å². The van der Waals surface area contributed by atoms with Gasteiger partial charge in [0.25, 0.3) is 0 Å². The van der Waals surface area contributed by atoms with E-state index in [1.165, 1.54) is 0 Å². The van der Waals surface area contributed by atoms with Crippen LogP contribution < -0.4 is 0 Å². The summed E-state index contributed by atoms with van der Waals surface area (Å²) in [6.07, 6.45) is 2.62. The summed E-state index contributed by atoms with van der Waals surface area (Å²) in [5.74, 6) is -0.526. The van der Waals surface area contributed by atoms with Crippen LogP contribution in [0.1, 0.15) is 40.0 Å². The Morgan fingerprint density at radius 2 is 1.83 bits per heavy atom. The van der Waals surface area contributed by atoms with Gasteiger partial charge in [-0.3, -0.25) is 0 Å². The van der Waals surface area contributed by atoms with E-state index in [0.717, 1.165) is 12.8 Å². The van der Waals surface area contributed by atoms with Crippen molar-refractivity contribution in [3.05, 3.63) is 0 Å². The van der Waals surface area contributed by atoms with E-state index in [1.807, 2.05) is 0 Å². The topological polar surface area (TPSA) is 40.5 Å². The van der Waals surface area contributed by atoms with Gasteiger partial charge in [-0.05, 0) is 18.3 Å². The summed E-state index contributed by atoms with van der Waals surface area (Å²) in [6, 6.07) is 0. The zero-order valence-electron chi connectivity index (χ0n) is 8.25. The van der Waals surface area contributed by atoms with Gasteiger partial charge in [0.15, 0.2) is 5.79 Å². The van der Waals surface area contributed by atoms with Crippen LogP contribution >= 0.6 is 0 Å². The third-order valence-electron chi connectivity index (χ3n) is 3.02. The van der Waals surface area contributed by atoms with Crippen LogP contribution in [0.3, 0.4) is 0 Å². The first-order valence-electron chi connectivity index (χ1n) is 4.88. The molecule has 0 amide bonds. The van der Waals surface area contributed by atoms with Crippen LogP contribution in [-0.2, 0) is 0 Å². The lowest BCUT2D eigenvalue weighted by Gasteiger charge is -2.40. The SMILES string of the molecule is CC1CCC(C(C)C)C(O)(O)C1. The summed E-state index contributed by atoms with van der Waals surface area (Å²) < 4.78 is 0. The minimum absolute atomic E-state index is 0.0636. The second-order valence-electron chi connectivity index (χ2n) is 4.62. The Labute approximate surface area is 74.6 Å². The van der Waals surface area contributed by atoms with E-state index in [4.69, 9.17) is 0 Å². The first-order valence-corrected chi connectivity index (χ1v) is 4.88. The van der Waals surface area contributed by atoms with Gasteiger partial charge in [0, 0.05) is 12.3 Å². The van der Waals surface area contributed by atoms with Crippen molar-refractivity contribution in [1.29, 1.82) is 0 Å². The fraction of sp³-hybridized carbons (Fsp3) is 1.00. The molecule has 2 nitrogen and oxygen atoms in total. The maximum atomic E-state index is 9.73. The molecule has 0 bridgehead atoms. The van der Waals surface area contributed by atoms with Gasteiger partial charge in [-0.25, -0.2) is 0 Å². The molecule has 2 N–H and O–H groups in total. The predicted molar refractivity (Wildman–Crippen MR) is 48.5 cm³/mol. The molecule has 0 aromatic heterocycles. The summed E-state index contributed by atoms with van der Waals surface area (Å²) in [4.78, 5) is 0. The molecular weight excluding hydrogens is 152 g/mol. The Hall–Kier alpha value is -0.0800. The predicted octanol–water partition coefficient (Wildman–Crippen LogP) is 1.76. The highest BCUT2D eigenvalue weighted by molar-refractivity contribution is 4.85. The molecule has 1 aliphatic rings. The van der Waals surface area contributed by atoms with Crippen molar-refractivity contribution < 1.29 is 10.2 Å². The van der Waals surface area contributed by atoms with Crippen molar-refractivity contribution >= 4 is 0 Å². The van der Waals surface area contributed by atoms with Crippen LogP contribution in [0.5, 0.6) is 0 Å². The molecule has 2 heteroatoms. The van der Waals surface area contributed by atoms with Crippen LogP contribution in [0.2, 0.25) is 0 Å². The molecule has 2 atom stereocenters. The van der Waals surface area contributed by atoms with Crippen LogP contribution in [-0.4, -0.2) is 16.0 Å². The van der Waals surface area contributed by atoms with Crippen molar-refractivity contribution in [2.75, 3.05) is 0 Å². The molecule has 0 radical (unpaired) electrons. The lowest BCUT2D eigenvalue weighted by molar-refractivity contribution is -0.234. The normalized spacial score (nSPS) is 35.5. The fourth-order valence-electron chi connectivity index (χ4n) is 2.33. The Kier molecular flexibility index (Phi) is 2.79. The number of rotatable bonds is 1. The minimum atomic E-state index is -1.41. The Bertz CT molecular complexity index is 152. The van der Waals surface area contributed by atoms with Crippen molar-refractivity contribution in [3.63, 3.8) is 0 Å². The van der Waals surface area contributed by atoms with Gasteiger partial charge in [-0.1, -0.05) is 27.2 Å². The molecule has 1 saturated carbocycles. The zero-order valence-corrected chi connectivity index (χ0v) is 8.25. The summed E-state index contributed by atoms with van der Waals surface area (Å²) in [5.41, 5.74) is 0. The second kappa shape index (κ2) is 3.35. The lowest BCUT2D eigenvalue weighted by atomic mass is 9.73. The van der Waals surface area contributed by atoms with Crippen LogP contribution in [0.15, 0.2) is 0 Å². The van der Waals surface area contributed by atoms with Gasteiger partial charge in [-0.15, -0.1) is 0 Å². The first kappa shape index (κ1) is 10.0. The van der Waals surface area contributed by atoms with Gasteiger partial charge in [-0.2, -0.15) is 0 Å². The summed E-state index contributed by atoms with van der Waals surface area (Å²) in [6.45, 7) is 6.20. The van der Waals surface area contributed by atoms with E-state index in [-0.39, 0.29) is 5.92 Å². The van der Waals surface area contributed by atoms with Gasteiger partial charge in [0.05, 0.1) is 0 Å². The third-order valence-corrected chi connectivity index (χ3v) is 3.02. The Morgan fingerprint density at radius 1 is 1.25 bits per heavy atom. The Morgan fingerprint density at radius 3 is 2.25 bits per heavy atom. The largest absolute Gasteiger partial charge is 0.365 e. The van der Waals surface area contributed by atoms with Gasteiger partial charge in [0.1, 0.15) is 0 Å². The van der Waals surface area contributed by atoms with Crippen molar-refractivity contribution in [1.82, 2.24) is 0 Å². The maximum Gasteiger partial charge on any atom is 0.165 e. The molecule has 0 aliphatic heterocycles. The average Bonchev–Trinajstić information content (AvgIpc) is 1.82. The third kappa shape index (κ3) is 1.99. The molecule has 1 aliphatic carbocycles. The van der Waals surface area contributed by atoms with E-state index in [2.05, 4.69) is 20.8 Å². The molecule has 0 aromatic carbocycles. The minimum Gasteiger partial charge on any atom is -0.365 e. The van der Waals surface area contributed by atoms with E-state index < -0.39 is 5.79 Å². The smallest absolute Gasteiger partial charge is 0.165 e. The quantitative estimate of drug-likeness (QED) is 0.592.